The van der Waals surface area contributed by atoms with Crippen LogP contribution in [0.5, 0.6) is 0 Å². The van der Waals surface area contributed by atoms with Crippen molar-refractivity contribution in [1.82, 2.24) is 20.3 Å². The van der Waals surface area contributed by atoms with Crippen LogP contribution in [0.15, 0.2) is 65.2 Å². The van der Waals surface area contributed by atoms with Crippen molar-refractivity contribution in [3.8, 4) is 11.3 Å². The number of rotatable bonds is 6. The van der Waals surface area contributed by atoms with Gasteiger partial charge in [0.1, 0.15) is 5.69 Å². The summed E-state index contributed by atoms with van der Waals surface area (Å²) in [7, 11) is 2.14. The zero-order valence-electron chi connectivity index (χ0n) is 17.5. The molecule has 1 amide bonds. The number of aromatic nitrogens is 1. The zero-order valence-corrected chi connectivity index (χ0v) is 17.5. The van der Waals surface area contributed by atoms with Gasteiger partial charge in [-0.25, -0.2) is 0 Å². The maximum Gasteiger partial charge on any atom is 0.290 e. The van der Waals surface area contributed by atoms with Crippen LogP contribution in [0, 0.1) is 6.92 Å². The average molecular weight is 405 g/mol. The highest BCUT2D eigenvalue weighted by Crippen LogP contribution is 2.21. The van der Waals surface area contributed by atoms with Crippen molar-refractivity contribution in [2.75, 3.05) is 39.8 Å². The average Bonchev–Trinajstić information content (AvgIpc) is 3.26. The van der Waals surface area contributed by atoms with E-state index in [1.807, 2.05) is 49.4 Å². The first-order chi connectivity index (χ1) is 14.6. The second-order valence-corrected chi connectivity index (χ2v) is 7.98. The van der Waals surface area contributed by atoms with Crippen LogP contribution in [-0.2, 0) is 0 Å². The molecule has 6 nitrogen and oxygen atoms in total. The van der Waals surface area contributed by atoms with Crippen LogP contribution < -0.4 is 5.32 Å². The lowest BCUT2D eigenvalue weighted by atomic mass is 10.1. The van der Waals surface area contributed by atoms with Gasteiger partial charge in [0.15, 0.2) is 0 Å². The molecule has 1 aromatic heterocycles. The number of amides is 1. The quantitative estimate of drug-likeness (QED) is 0.683. The van der Waals surface area contributed by atoms with E-state index in [1.165, 1.54) is 5.56 Å². The minimum absolute atomic E-state index is 0.116. The summed E-state index contributed by atoms with van der Waals surface area (Å²) < 4.78 is 5.37. The number of piperazine rings is 1. The predicted molar refractivity (Wildman–Crippen MR) is 117 cm³/mol. The van der Waals surface area contributed by atoms with E-state index in [9.17, 15) is 4.79 Å². The molecular weight excluding hydrogens is 376 g/mol. The molecule has 0 saturated carbocycles. The van der Waals surface area contributed by atoms with E-state index < -0.39 is 0 Å². The van der Waals surface area contributed by atoms with Crippen molar-refractivity contribution in [3.63, 3.8) is 0 Å². The smallest absolute Gasteiger partial charge is 0.290 e. The molecular formula is C24H28N4O2. The molecule has 4 rings (SSSR count). The standard InChI is InChI=1S/C24H28N4O2/c1-18-8-10-20(11-9-18)21-16-23(30-26-21)24(29)25-22(19-6-4-3-5-7-19)17-28-14-12-27(2)13-15-28/h3-11,16,22H,12-15,17H2,1-2H3,(H,25,29). The largest absolute Gasteiger partial charge is 0.350 e. The first-order valence-corrected chi connectivity index (χ1v) is 10.4. The van der Waals surface area contributed by atoms with Crippen LogP contribution in [0.25, 0.3) is 11.3 Å². The number of hydrogen-bond donors (Lipinski definition) is 1. The van der Waals surface area contributed by atoms with Gasteiger partial charge in [-0.15, -0.1) is 0 Å². The van der Waals surface area contributed by atoms with E-state index in [4.69, 9.17) is 4.52 Å². The summed E-state index contributed by atoms with van der Waals surface area (Å²) in [4.78, 5) is 17.7. The molecule has 30 heavy (non-hydrogen) atoms. The van der Waals surface area contributed by atoms with Gasteiger partial charge < -0.3 is 14.7 Å². The summed E-state index contributed by atoms with van der Waals surface area (Å²) in [6.45, 7) is 6.87. The fourth-order valence-electron chi connectivity index (χ4n) is 3.68. The predicted octanol–water partition coefficient (Wildman–Crippen LogP) is 3.37. The fourth-order valence-corrected chi connectivity index (χ4v) is 3.68. The van der Waals surface area contributed by atoms with Crippen molar-refractivity contribution < 1.29 is 9.32 Å². The van der Waals surface area contributed by atoms with Crippen LogP contribution in [0.3, 0.4) is 0 Å². The van der Waals surface area contributed by atoms with E-state index in [2.05, 4.69) is 39.5 Å². The molecule has 1 aliphatic rings. The molecule has 1 N–H and O–H groups in total. The fraction of sp³-hybridized carbons (Fsp3) is 0.333. The lowest BCUT2D eigenvalue weighted by molar-refractivity contribution is 0.0871. The number of nitrogens with zero attached hydrogens (tertiary/aromatic N) is 3. The molecule has 1 fully saturated rings. The lowest BCUT2D eigenvalue weighted by Crippen LogP contribution is -2.47. The van der Waals surface area contributed by atoms with Gasteiger partial charge in [0.2, 0.25) is 5.76 Å². The Morgan fingerprint density at radius 2 is 1.77 bits per heavy atom. The van der Waals surface area contributed by atoms with Crippen LogP contribution in [0.2, 0.25) is 0 Å². The Morgan fingerprint density at radius 1 is 1.07 bits per heavy atom. The minimum atomic E-state index is -0.246. The zero-order chi connectivity index (χ0) is 20.9. The summed E-state index contributed by atoms with van der Waals surface area (Å²) in [6.07, 6.45) is 0. The lowest BCUT2D eigenvalue weighted by Gasteiger charge is -2.34. The van der Waals surface area contributed by atoms with Crippen molar-refractivity contribution >= 4 is 5.91 Å². The van der Waals surface area contributed by atoms with Crippen LogP contribution >= 0.6 is 0 Å². The molecule has 1 atom stereocenters. The Bertz CT molecular complexity index is 960. The highest BCUT2D eigenvalue weighted by molar-refractivity contribution is 5.92. The van der Waals surface area contributed by atoms with Gasteiger partial charge in [-0.3, -0.25) is 9.69 Å². The normalized spacial score (nSPS) is 16.3. The third kappa shape index (κ3) is 4.96. The SMILES string of the molecule is Cc1ccc(-c2cc(C(=O)NC(CN3CCN(C)CC3)c3ccccc3)on2)cc1. The molecule has 1 unspecified atom stereocenters. The summed E-state index contributed by atoms with van der Waals surface area (Å²) in [5.74, 6) is -0.0197. The highest BCUT2D eigenvalue weighted by atomic mass is 16.5. The van der Waals surface area contributed by atoms with Gasteiger partial charge in [-0.05, 0) is 19.5 Å². The van der Waals surface area contributed by atoms with Crippen molar-refractivity contribution in [3.05, 3.63) is 77.6 Å². The van der Waals surface area contributed by atoms with E-state index in [-0.39, 0.29) is 17.7 Å². The maximum absolute atomic E-state index is 12.9. The minimum Gasteiger partial charge on any atom is -0.350 e. The molecule has 2 heterocycles. The Hall–Kier alpha value is -2.96. The van der Waals surface area contributed by atoms with Crippen molar-refractivity contribution in [2.45, 2.75) is 13.0 Å². The van der Waals surface area contributed by atoms with Crippen molar-refractivity contribution in [2.24, 2.45) is 0 Å². The molecule has 0 bridgehead atoms. The molecule has 2 aromatic carbocycles. The number of hydrogen-bond acceptors (Lipinski definition) is 5. The van der Waals surface area contributed by atoms with Gasteiger partial charge in [-0.2, -0.15) is 0 Å². The molecule has 156 valence electrons. The van der Waals surface area contributed by atoms with Gasteiger partial charge in [0.25, 0.3) is 5.91 Å². The highest BCUT2D eigenvalue weighted by Gasteiger charge is 2.23. The molecule has 1 aliphatic heterocycles. The van der Waals surface area contributed by atoms with E-state index in [0.717, 1.165) is 43.9 Å². The summed E-state index contributed by atoms with van der Waals surface area (Å²) in [6, 6.07) is 19.7. The first-order valence-electron chi connectivity index (χ1n) is 10.4. The first kappa shape index (κ1) is 20.3. The number of benzene rings is 2. The number of likely N-dealkylation sites (N-methyl/N-ethyl adjacent to an activating group) is 1. The Labute approximate surface area is 177 Å². The number of carbonyl (C=O) groups excluding carboxylic acids is 1. The topological polar surface area (TPSA) is 61.6 Å². The van der Waals surface area contributed by atoms with E-state index >= 15 is 0 Å². The molecule has 1 saturated heterocycles. The number of aryl methyl sites for hydroxylation is 1. The Morgan fingerprint density at radius 3 is 2.47 bits per heavy atom. The third-order valence-corrected chi connectivity index (χ3v) is 5.63. The summed E-state index contributed by atoms with van der Waals surface area (Å²) >= 11 is 0. The van der Waals surface area contributed by atoms with Crippen LogP contribution in [0.1, 0.15) is 27.7 Å². The van der Waals surface area contributed by atoms with Gasteiger partial charge in [0, 0.05) is 44.4 Å². The number of nitrogens with one attached hydrogen (secondary N) is 1. The van der Waals surface area contributed by atoms with Crippen molar-refractivity contribution in [1.29, 1.82) is 0 Å². The third-order valence-electron chi connectivity index (χ3n) is 5.63. The van der Waals surface area contributed by atoms with E-state index in [0.29, 0.717) is 5.69 Å². The second kappa shape index (κ2) is 9.24. The van der Waals surface area contributed by atoms with E-state index in [1.54, 1.807) is 6.07 Å². The molecule has 0 radical (unpaired) electrons. The van der Waals surface area contributed by atoms with Gasteiger partial charge in [0.05, 0.1) is 6.04 Å². The molecule has 6 heteroatoms. The molecule has 0 spiro atoms. The molecule has 0 aliphatic carbocycles. The second-order valence-electron chi connectivity index (χ2n) is 7.98. The van der Waals surface area contributed by atoms with Crippen LogP contribution in [0.4, 0.5) is 0 Å². The summed E-state index contributed by atoms with van der Waals surface area (Å²) in [5.41, 5.74) is 3.86. The van der Waals surface area contributed by atoms with Gasteiger partial charge >= 0.3 is 0 Å². The van der Waals surface area contributed by atoms with Gasteiger partial charge in [-0.1, -0.05) is 65.3 Å². The van der Waals surface area contributed by atoms with Crippen LogP contribution in [-0.4, -0.2) is 60.6 Å². The number of carbonyl (C=O) groups is 1. The summed E-state index contributed by atoms with van der Waals surface area (Å²) in [5, 5.41) is 7.24. The monoisotopic (exact) mass is 404 g/mol. The maximum atomic E-state index is 12.9. The Balaban J connectivity index is 1.48. The Kier molecular flexibility index (Phi) is 6.26. The molecule has 3 aromatic rings.